The molecule has 3 rings (SSSR count). The fourth-order valence-corrected chi connectivity index (χ4v) is 3.82. The second-order valence-electron chi connectivity index (χ2n) is 5.03. The van der Waals surface area contributed by atoms with Gasteiger partial charge in [0.1, 0.15) is 5.82 Å². The quantitative estimate of drug-likeness (QED) is 0.778. The van der Waals surface area contributed by atoms with Crippen molar-refractivity contribution in [2.24, 2.45) is 0 Å². The van der Waals surface area contributed by atoms with Crippen molar-refractivity contribution in [2.45, 2.75) is 50.5 Å². The molecule has 0 amide bonds. The molecule has 0 aromatic carbocycles. The third-order valence-corrected chi connectivity index (χ3v) is 4.83. The predicted molar refractivity (Wildman–Crippen MR) is 75.3 cm³/mol. The van der Waals surface area contributed by atoms with E-state index in [0.29, 0.717) is 12.0 Å². The summed E-state index contributed by atoms with van der Waals surface area (Å²) in [5, 5.41) is 2.17. The number of rotatable bonds is 5. The summed E-state index contributed by atoms with van der Waals surface area (Å²) in [6.07, 6.45) is 7.97. The summed E-state index contributed by atoms with van der Waals surface area (Å²) in [5.74, 6) is 1.77. The number of nitrogens with zero attached hydrogens (tertiary/aromatic N) is 3. The first-order valence-electron chi connectivity index (χ1n) is 6.54. The number of hydrogen-bond donors (Lipinski definition) is 0. The van der Waals surface area contributed by atoms with Gasteiger partial charge in [-0.25, -0.2) is 4.98 Å². The van der Waals surface area contributed by atoms with E-state index < -0.39 is 0 Å². The molecule has 1 aromatic rings. The van der Waals surface area contributed by atoms with Crippen molar-refractivity contribution in [1.82, 2.24) is 9.36 Å². The van der Waals surface area contributed by atoms with Crippen LogP contribution in [-0.2, 0) is 0 Å². The molecule has 0 atom stereocenters. The molecule has 2 saturated carbocycles. The van der Waals surface area contributed by atoms with Crippen molar-refractivity contribution in [3.63, 3.8) is 0 Å². The van der Waals surface area contributed by atoms with E-state index in [1.54, 1.807) is 11.5 Å². The minimum atomic E-state index is 0.675. The van der Waals surface area contributed by atoms with Crippen LogP contribution in [0.25, 0.3) is 0 Å². The van der Waals surface area contributed by atoms with Gasteiger partial charge in [-0.15, -0.1) is 0 Å². The summed E-state index contributed by atoms with van der Waals surface area (Å²) in [7, 11) is 0. The van der Waals surface area contributed by atoms with E-state index >= 15 is 0 Å². The summed E-state index contributed by atoms with van der Waals surface area (Å²) < 4.78 is 4.53. The zero-order chi connectivity index (χ0) is 11.7. The first-order chi connectivity index (χ1) is 8.38. The van der Waals surface area contributed by atoms with Crippen LogP contribution < -0.4 is 4.90 Å². The zero-order valence-electron chi connectivity index (χ0n) is 9.94. The molecule has 3 nitrogen and oxygen atoms in total. The Morgan fingerprint density at radius 2 is 2.00 bits per heavy atom. The highest BCUT2D eigenvalue weighted by Gasteiger charge is 2.30. The van der Waals surface area contributed by atoms with Gasteiger partial charge in [-0.1, -0.05) is 28.8 Å². The van der Waals surface area contributed by atoms with Crippen LogP contribution in [0.4, 0.5) is 5.13 Å². The Labute approximate surface area is 115 Å². The van der Waals surface area contributed by atoms with Crippen LogP contribution in [0.2, 0.25) is 0 Å². The van der Waals surface area contributed by atoms with E-state index in [2.05, 4.69) is 25.2 Å². The Morgan fingerprint density at radius 1 is 1.24 bits per heavy atom. The smallest absolute Gasteiger partial charge is 0.205 e. The van der Waals surface area contributed by atoms with Crippen molar-refractivity contribution in [1.29, 1.82) is 0 Å². The number of halogens is 1. The highest BCUT2D eigenvalue weighted by Crippen LogP contribution is 2.40. The van der Waals surface area contributed by atoms with Crippen molar-refractivity contribution in [2.75, 3.05) is 16.8 Å². The van der Waals surface area contributed by atoms with Gasteiger partial charge in [-0.2, -0.15) is 4.37 Å². The number of aromatic nitrogens is 2. The molecule has 0 aliphatic heterocycles. The lowest BCUT2D eigenvalue weighted by atomic mass is 10.2. The second kappa shape index (κ2) is 5.22. The van der Waals surface area contributed by atoms with Gasteiger partial charge in [0.25, 0.3) is 0 Å². The average molecular weight is 316 g/mol. The minimum absolute atomic E-state index is 0.675. The Morgan fingerprint density at radius 3 is 2.65 bits per heavy atom. The Bertz CT molecular complexity index is 372. The maximum absolute atomic E-state index is 4.75. The van der Waals surface area contributed by atoms with E-state index in [9.17, 15) is 0 Å². The molecular formula is C12H18BrN3S. The first kappa shape index (κ1) is 11.9. The molecule has 0 spiro atoms. The predicted octanol–water partition coefficient (Wildman–Crippen LogP) is 3.56. The highest BCUT2D eigenvalue weighted by atomic mass is 79.9. The number of anilines is 1. The fraction of sp³-hybridized carbons (Fsp3) is 0.833. The Hall–Kier alpha value is -0.160. The van der Waals surface area contributed by atoms with Gasteiger partial charge in [0.15, 0.2) is 0 Å². The van der Waals surface area contributed by atoms with E-state index in [4.69, 9.17) is 4.98 Å². The summed E-state index contributed by atoms with van der Waals surface area (Å²) >= 11 is 5.15. The molecule has 0 bridgehead atoms. The molecule has 0 N–H and O–H groups in total. The van der Waals surface area contributed by atoms with Crippen LogP contribution in [0.5, 0.6) is 0 Å². The molecule has 0 unspecified atom stereocenters. The number of alkyl halides is 1. The molecule has 1 heterocycles. The molecule has 2 aliphatic carbocycles. The molecule has 0 radical (unpaired) electrons. The van der Waals surface area contributed by atoms with Crippen molar-refractivity contribution in [3.8, 4) is 0 Å². The average Bonchev–Trinajstić information content (AvgIpc) is 2.88. The largest absolute Gasteiger partial charge is 0.343 e. The molecule has 2 aliphatic rings. The van der Waals surface area contributed by atoms with Crippen molar-refractivity contribution >= 4 is 32.6 Å². The Balaban J connectivity index is 1.75. The Kier molecular flexibility index (Phi) is 3.66. The maximum atomic E-state index is 4.75. The molecule has 5 heteroatoms. The van der Waals surface area contributed by atoms with Gasteiger partial charge < -0.3 is 4.90 Å². The zero-order valence-corrected chi connectivity index (χ0v) is 12.3. The SMILES string of the molecule is BrCCN(c1nc(C2CC2)ns1)C1CCCC1. The lowest BCUT2D eigenvalue weighted by Gasteiger charge is -2.27. The highest BCUT2D eigenvalue weighted by molar-refractivity contribution is 9.09. The maximum Gasteiger partial charge on any atom is 0.205 e. The fourth-order valence-electron chi connectivity index (χ4n) is 2.59. The minimum Gasteiger partial charge on any atom is -0.343 e. The molecule has 17 heavy (non-hydrogen) atoms. The van der Waals surface area contributed by atoms with Crippen LogP contribution in [-0.4, -0.2) is 27.3 Å². The van der Waals surface area contributed by atoms with Crippen LogP contribution in [0.15, 0.2) is 0 Å². The molecule has 0 saturated heterocycles. The molecule has 94 valence electrons. The van der Waals surface area contributed by atoms with E-state index in [0.717, 1.165) is 22.8 Å². The summed E-state index contributed by atoms with van der Waals surface area (Å²) in [6, 6.07) is 0.701. The van der Waals surface area contributed by atoms with Gasteiger partial charge in [0.2, 0.25) is 5.13 Å². The van der Waals surface area contributed by atoms with Gasteiger partial charge >= 0.3 is 0 Å². The standard InChI is InChI=1S/C12H18BrN3S/c13-7-8-16(10-3-1-2-4-10)12-14-11(15-17-12)9-5-6-9/h9-10H,1-8H2. The lowest BCUT2D eigenvalue weighted by Crippen LogP contribution is -2.34. The van der Waals surface area contributed by atoms with Gasteiger partial charge in [-0.05, 0) is 25.7 Å². The summed E-state index contributed by atoms with van der Waals surface area (Å²) in [5.41, 5.74) is 0. The van der Waals surface area contributed by atoms with Crippen LogP contribution in [0, 0.1) is 0 Å². The summed E-state index contributed by atoms with van der Waals surface area (Å²) in [6.45, 7) is 1.06. The summed E-state index contributed by atoms with van der Waals surface area (Å²) in [4.78, 5) is 7.23. The van der Waals surface area contributed by atoms with Crippen LogP contribution in [0.3, 0.4) is 0 Å². The third kappa shape index (κ3) is 2.65. The van der Waals surface area contributed by atoms with E-state index in [1.165, 1.54) is 38.5 Å². The van der Waals surface area contributed by atoms with E-state index in [1.807, 2.05) is 0 Å². The molecular weight excluding hydrogens is 298 g/mol. The van der Waals surface area contributed by atoms with Gasteiger partial charge in [-0.3, -0.25) is 0 Å². The van der Waals surface area contributed by atoms with Crippen LogP contribution in [0.1, 0.15) is 50.3 Å². The normalized spacial score (nSPS) is 21.0. The van der Waals surface area contributed by atoms with Crippen molar-refractivity contribution < 1.29 is 0 Å². The molecule has 2 fully saturated rings. The topological polar surface area (TPSA) is 29.0 Å². The van der Waals surface area contributed by atoms with Gasteiger partial charge in [0.05, 0.1) is 0 Å². The van der Waals surface area contributed by atoms with Gasteiger partial charge in [0, 0.05) is 35.4 Å². The van der Waals surface area contributed by atoms with Crippen molar-refractivity contribution in [3.05, 3.63) is 5.82 Å². The second-order valence-corrected chi connectivity index (χ2v) is 6.55. The lowest BCUT2D eigenvalue weighted by molar-refractivity contribution is 0.620. The van der Waals surface area contributed by atoms with E-state index in [-0.39, 0.29) is 0 Å². The monoisotopic (exact) mass is 315 g/mol. The van der Waals surface area contributed by atoms with Crippen LogP contribution >= 0.6 is 27.5 Å². The molecule has 1 aromatic heterocycles. The third-order valence-electron chi connectivity index (χ3n) is 3.71. The number of hydrogen-bond acceptors (Lipinski definition) is 4. The first-order valence-corrected chi connectivity index (χ1v) is 8.44.